The van der Waals surface area contributed by atoms with Crippen molar-refractivity contribution in [3.8, 4) is 0 Å². The quantitative estimate of drug-likeness (QED) is 0.204. The number of ether oxygens (including phenoxy) is 1. The molecule has 0 radical (unpaired) electrons. The number of hydrogen-bond donors (Lipinski definition) is 0. The Hall–Kier alpha value is -3.29. The van der Waals surface area contributed by atoms with E-state index in [0.717, 1.165) is 11.8 Å². The second-order valence-corrected chi connectivity index (χ2v) is 14.5. The average molecular weight is 603 g/mol. The minimum atomic E-state index is -3.91. The van der Waals surface area contributed by atoms with Crippen LogP contribution in [-0.2, 0) is 40.3 Å². The average Bonchev–Trinajstić information content (AvgIpc) is 3.50. The lowest BCUT2D eigenvalue weighted by atomic mass is 9.74. The molecule has 41 heavy (non-hydrogen) atoms. The summed E-state index contributed by atoms with van der Waals surface area (Å²) < 4.78 is 63.8. The fourth-order valence-corrected chi connectivity index (χ4v) is 7.32. The number of rotatable bonds is 9. The van der Waals surface area contributed by atoms with E-state index in [0.29, 0.717) is 47.9 Å². The van der Waals surface area contributed by atoms with E-state index in [-0.39, 0.29) is 41.6 Å². The van der Waals surface area contributed by atoms with Gasteiger partial charge >= 0.3 is 5.97 Å². The van der Waals surface area contributed by atoms with Gasteiger partial charge in [-0.2, -0.15) is 8.42 Å². The maximum absolute atomic E-state index is 13.6. The first-order valence-electron chi connectivity index (χ1n) is 13.5. The van der Waals surface area contributed by atoms with Crippen molar-refractivity contribution in [3.63, 3.8) is 0 Å². The number of carbonyl (C=O) groups is 1. The lowest BCUT2D eigenvalue weighted by Crippen LogP contribution is -2.31. The van der Waals surface area contributed by atoms with Gasteiger partial charge in [0.2, 0.25) is 0 Å². The van der Waals surface area contributed by atoms with E-state index in [1.165, 1.54) is 16.4 Å². The third kappa shape index (κ3) is 5.88. The predicted octanol–water partition coefficient (Wildman–Crippen LogP) is 4.13. The molecule has 0 amide bonds. The van der Waals surface area contributed by atoms with Crippen molar-refractivity contribution < 1.29 is 30.6 Å². The van der Waals surface area contributed by atoms with Gasteiger partial charge in [0.1, 0.15) is 17.8 Å². The third-order valence-corrected chi connectivity index (χ3v) is 9.96. The van der Waals surface area contributed by atoms with Gasteiger partial charge < -0.3 is 9.30 Å². The normalized spacial score (nSPS) is 20.0. The lowest BCUT2D eigenvalue weighted by Gasteiger charge is -2.37. The number of hydrogen-bond acceptors (Lipinski definition) is 9. The number of benzene rings is 1. The molecule has 0 N–H and O–H groups in total. The Balaban J connectivity index is 1.58. The van der Waals surface area contributed by atoms with Gasteiger partial charge in [-0.25, -0.2) is 22.4 Å². The lowest BCUT2D eigenvalue weighted by molar-refractivity contribution is -0.142. The van der Waals surface area contributed by atoms with Gasteiger partial charge in [0.25, 0.3) is 20.1 Å². The van der Waals surface area contributed by atoms with Crippen molar-refractivity contribution in [2.24, 2.45) is 5.41 Å². The van der Waals surface area contributed by atoms with Gasteiger partial charge in [0, 0.05) is 17.6 Å². The highest BCUT2D eigenvalue weighted by Gasteiger charge is 2.35. The van der Waals surface area contributed by atoms with Gasteiger partial charge in [0.15, 0.2) is 5.65 Å². The molecule has 1 aliphatic rings. The molecule has 3 aromatic heterocycles. The SMILES string of the molecule is CCOC(=O)Cc1nc2cnc3c(ccn3S(=O)(=O)c3ccc(C)cc3)c2n1C1CCC(C)(COS(C)(=O)=O)CC1. The maximum atomic E-state index is 13.6. The predicted molar refractivity (Wildman–Crippen MR) is 154 cm³/mol. The van der Waals surface area contributed by atoms with Crippen molar-refractivity contribution in [1.29, 1.82) is 0 Å². The zero-order chi connectivity index (χ0) is 29.6. The van der Waals surface area contributed by atoms with Crippen molar-refractivity contribution >= 4 is 48.2 Å². The fraction of sp³-hybridized carbons (Fsp3) is 0.464. The van der Waals surface area contributed by atoms with Crippen LogP contribution in [0.2, 0.25) is 0 Å². The van der Waals surface area contributed by atoms with Gasteiger partial charge in [-0.15, -0.1) is 0 Å². The van der Waals surface area contributed by atoms with Crippen molar-refractivity contribution in [1.82, 2.24) is 18.5 Å². The number of esters is 1. The van der Waals surface area contributed by atoms with Crippen LogP contribution in [0.3, 0.4) is 0 Å². The van der Waals surface area contributed by atoms with E-state index < -0.39 is 26.1 Å². The number of nitrogens with zero attached hydrogens (tertiary/aromatic N) is 4. The van der Waals surface area contributed by atoms with E-state index in [9.17, 15) is 21.6 Å². The molecular weight excluding hydrogens is 568 g/mol. The van der Waals surface area contributed by atoms with Crippen LogP contribution in [0.15, 0.2) is 47.6 Å². The monoisotopic (exact) mass is 602 g/mol. The smallest absolute Gasteiger partial charge is 0.313 e. The molecule has 0 aliphatic heterocycles. The standard InChI is InChI=1S/C28H34N4O7S2/c1-5-38-25(33)16-24-30-23-17-29-27-22(12-15-31(27)41(36,37)21-8-6-19(2)7-9-21)26(23)32(24)20-10-13-28(3,14-11-20)18-39-40(4,34)35/h6-9,12,15,17,20H,5,10-11,13-14,16,18H2,1-4H3. The van der Waals surface area contributed by atoms with Crippen LogP contribution in [0.1, 0.15) is 57.0 Å². The van der Waals surface area contributed by atoms with Crippen molar-refractivity contribution in [2.45, 2.75) is 63.8 Å². The highest BCUT2D eigenvalue weighted by Crippen LogP contribution is 2.43. The molecule has 0 atom stereocenters. The van der Waals surface area contributed by atoms with E-state index >= 15 is 0 Å². The van der Waals surface area contributed by atoms with Crippen LogP contribution >= 0.6 is 0 Å². The van der Waals surface area contributed by atoms with Gasteiger partial charge in [-0.3, -0.25) is 8.98 Å². The molecule has 13 heteroatoms. The number of aromatic nitrogens is 4. The molecule has 0 unspecified atom stereocenters. The van der Waals surface area contributed by atoms with Gasteiger partial charge in [-0.1, -0.05) is 24.6 Å². The van der Waals surface area contributed by atoms with Crippen LogP contribution in [0, 0.1) is 12.3 Å². The second-order valence-electron chi connectivity index (χ2n) is 11.0. The molecule has 0 spiro atoms. The summed E-state index contributed by atoms with van der Waals surface area (Å²) >= 11 is 0. The topological polar surface area (TPSA) is 139 Å². The third-order valence-electron chi connectivity index (χ3n) is 7.74. The first-order chi connectivity index (χ1) is 19.3. The molecular formula is C28H34N4O7S2. The van der Waals surface area contributed by atoms with Crippen molar-refractivity contribution in [3.05, 3.63) is 54.1 Å². The second kappa shape index (κ2) is 10.8. The number of carbonyl (C=O) groups excluding carboxylic acids is 1. The molecule has 1 fully saturated rings. The number of imidazole rings is 1. The van der Waals surface area contributed by atoms with E-state index in [4.69, 9.17) is 13.9 Å². The molecule has 1 saturated carbocycles. The Morgan fingerprint density at radius 2 is 1.78 bits per heavy atom. The van der Waals surface area contributed by atoms with Crippen LogP contribution in [0.25, 0.3) is 22.1 Å². The minimum Gasteiger partial charge on any atom is -0.466 e. The fourth-order valence-electron chi connectivity index (χ4n) is 5.52. The zero-order valence-electron chi connectivity index (χ0n) is 23.5. The van der Waals surface area contributed by atoms with Crippen LogP contribution in [0.5, 0.6) is 0 Å². The Labute approximate surface area is 239 Å². The Kier molecular flexibility index (Phi) is 7.72. The number of fused-ring (bicyclic) bond motifs is 3. The molecule has 0 bridgehead atoms. The summed E-state index contributed by atoms with van der Waals surface area (Å²) in [6.45, 7) is 5.99. The Bertz CT molecular complexity index is 1820. The van der Waals surface area contributed by atoms with Crippen LogP contribution in [0.4, 0.5) is 0 Å². The van der Waals surface area contributed by atoms with Crippen LogP contribution < -0.4 is 0 Å². The highest BCUT2D eigenvalue weighted by atomic mass is 32.2. The molecule has 3 heterocycles. The Morgan fingerprint density at radius 1 is 1.10 bits per heavy atom. The largest absolute Gasteiger partial charge is 0.466 e. The van der Waals surface area contributed by atoms with E-state index in [1.807, 2.05) is 18.4 Å². The summed E-state index contributed by atoms with van der Waals surface area (Å²) in [6.07, 6.45) is 6.81. The summed E-state index contributed by atoms with van der Waals surface area (Å²) in [4.78, 5) is 21.9. The van der Waals surface area contributed by atoms with Gasteiger partial charge in [0.05, 0.1) is 36.1 Å². The van der Waals surface area contributed by atoms with Crippen LogP contribution in [-0.4, -0.2) is 60.8 Å². The molecule has 11 nitrogen and oxygen atoms in total. The van der Waals surface area contributed by atoms with E-state index in [1.54, 1.807) is 37.3 Å². The maximum Gasteiger partial charge on any atom is 0.313 e. The molecule has 1 aliphatic carbocycles. The molecule has 1 aromatic carbocycles. The Morgan fingerprint density at radius 3 is 2.41 bits per heavy atom. The summed E-state index contributed by atoms with van der Waals surface area (Å²) in [5.74, 6) is 0.109. The van der Waals surface area contributed by atoms with E-state index in [2.05, 4.69) is 4.98 Å². The summed E-state index contributed by atoms with van der Waals surface area (Å²) in [5, 5.41) is 0.606. The molecule has 5 rings (SSSR count). The molecule has 4 aromatic rings. The van der Waals surface area contributed by atoms with Gasteiger partial charge in [-0.05, 0) is 63.1 Å². The summed E-state index contributed by atoms with van der Waals surface area (Å²) in [6, 6.07) is 8.30. The summed E-state index contributed by atoms with van der Waals surface area (Å²) in [5.41, 5.74) is 2.15. The first kappa shape index (κ1) is 29.2. The first-order valence-corrected chi connectivity index (χ1v) is 16.8. The minimum absolute atomic E-state index is 0.0443. The highest BCUT2D eigenvalue weighted by molar-refractivity contribution is 7.90. The summed E-state index contributed by atoms with van der Waals surface area (Å²) in [7, 11) is -7.47. The zero-order valence-corrected chi connectivity index (χ0v) is 25.2. The number of pyridine rings is 1. The molecule has 0 saturated heterocycles. The van der Waals surface area contributed by atoms with Crippen molar-refractivity contribution in [2.75, 3.05) is 19.5 Å². The number of aryl methyl sites for hydroxylation is 1. The molecule has 220 valence electrons.